The lowest BCUT2D eigenvalue weighted by Crippen LogP contribution is -2.39. The van der Waals surface area contributed by atoms with Crippen molar-refractivity contribution in [3.63, 3.8) is 0 Å². The van der Waals surface area contributed by atoms with Crippen LogP contribution in [-0.2, 0) is 22.3 Å². The topological polar surface area (TPSA) is 48.4 Å². The highest BCUT2D eigenvalue weighted by Gasteiger charge is 2.46. The quantitative estimate of drug-likeness (QED) is 0.784. The van der Waals surface area contributed by atoms with Crippen LogP contribution in [0, 0.1) is 5.41 Å². The summed E-state index contributed by atoms with van der Waals surface area (Å²) in [7, 11) is 0. The van der Waals surface area contributed by atoms with Gasteiger partial charge in [0.15, 0.2) is 0 Å². The Bertz CT molecular complexity index is 592. The van der Waals surface area contributed by atoms with Gasteiger partial charge in [0.1, 0.15) is 11.8 Å². The molecule has 23 heavy (non-hydrogen) atoms. The lowest BCUT2D eigenvalue weighted by atomic mass is 9.77. The molecule has 0 N–H and O–H groups in total. The first-order chi connectivity index (χ1) is 11.3. The number of aryl methyl sites for hydroxylation is 2. The smallest absolute Gasteiger partial charge is 0.357 e. The van der Waals surface area contributed by atoms with E-state index in [1.807, 2.05) is 6.07 Å². The minimum absolute atomic E-state index is 0.0386. The predicted molar refractivity (Wildman–Crippen MR) is 86.4 cm³/mol. The van der Waals surface area contributed by atoms with E-state index in [2.05, 4.69) is 11.1 Å². The van der Waals surface area contributed by atoms with Gasteiger partial charge in [-0.3, -0.25) is 0 Å². The number of esters is 1. The molecule has 2 heterocycles. The Balaban J connectivity index is 1.49. The average molecular weight is 315 g/mol. The lowest BCUT2D eigenvalue weighted by Gasteiger charge is -2.38. The summed E-state index contributed by atoms with van der Waals surface area (Å²) in [5.41, 5.74) is 3.04. The van der Waals surface area contributed by atoms with Crippen LogP contribution >= 0.6 is 0 Å². The second kappa shape index (κ2) is 6.23. The molecule has 2 fully saturated rings. The van der Waals surface area contributed by atoms with Crippen LogP contribution in [-0.4, -0.2) is 30.3 Å². The van der Waals surface area contributed by atoms with Crippen LogP contribution in [0.3, 0.4) is 0 Å². The van der Waals surface area contributed by atoms with Crippen LogP contribution in [0.15, 0.2) is 12.1 Å². The van der Waals surface area contributed by atoms with Crippen molar-refractivity contribution >= 4 is 5.97 Å². The molecule has 0 bridgehead atoms. The molecule has 0 aromatic carbocycles. The molecule has 1 aliphatic heterocycles. The van der Waals surface area contributed by atoms with Gasteiger partial charge in [0.05, 0.1) is 0 Å². The Hall–Kier alpha value is -1.42. The zero-order valence-electron chi connectivity index (χ0n) is 13.7. The van der Waals surface area contributed by atoms with Crippen molar-refractivity contribution in [3.8, 4) is 0 Å². The lowest BCUT2D eigenvalue weighted by molar-refractivity contribution is -0.0575. The van der Waals surface area contributed by atoms with Crippen LogP contribution in [0.25, 0.3) is 0 Å². The number of carbonyl (C=O) groups is 1. The van der Waals surface area contributed by atoms with Crippen molar-refractivity contribution in [1.82, 2.24) is 4.98 Å². The number of pyridine rings is 1. The van der Waals surface area contributed by atoms with Crippen molar-refractivity contribution in [2.75, 3.05) is 13.2 Å². The highest BCUT2D eigenvalue weighted by molar-refractivity contribution is 5.87. The van der Waals surface area contributed by atoms with Crippen LogP contribution in [0.2, 0.25) is 0 Å². The molecule has 2 aliphatic carbocycles. The maximum Gasteiger partial charge on any atom is 0.357 e. The van der Waals surface area contributed by atoms with Crippen molar-refractivity contribution in [3.05, 3.63) is 29.1 Å². The third-order valence-electron chi connectivity index (χ3n) is 5.95. The molecule has 1 spiro atoms. The molecule has 4 nitrogen and oxygen atoms in total. The van der Waals surface area contributed by atoms with Gasteiger partial charge in [0, 0.05) is 24.3 Å². The molecule has 1 atom stereocenters. The Morgan fingerprint density at radius 2 is 1.96 bits per heavy atom. The van der Waals surface area contributed by atoms with E-state index in [1.165, 1.54) is 18.4 Å². The van der Waals surface area contributed by atoms with Gasteiger partial charge in [-0.15, -0.1) is 0 Å². The molecule has 0 amide bonds. The molecule has 1 unspecified atom stereocenters. The largest absolute Gasteiger partial charge is 0.457 e. The Labute approximate surface area is 137 Å². The van der Waals surface area contributed by atoms with Gasteiger partial charge in [-0.25, -0.2) is 9.78 Å². The summed E-state index contributed by atoms with van der Waals surface area (Å²) in [5.74, 6) is -0.240. The molecule has 0 radical (unpaired) electrons. The first kappa shape index (κ1) is 15.1. The van der Waals surface area contributed by atoms with E-state index in [1.54, 1.807) is 0 Å². The van der Waals surface area contributed by atoms with Crippen molar-refractivity contribution in [2.24, 2.45) is 5.41 Å². The zero-order valence-corrected chi connectivity index (χ0v) is 13.7. The van der Waals surface area contributed by atoms with E-state index in [4.69, 9.17) is 9.47 Å². The summed E-state index contributed by atoms with van der Waals surface area (Å²) in [5, 5.41) is 0. The van der Waals surface area contributed by atoms with Gasteiger partial charge in [-0.1, -0.05) is 6.07 Å². The fourth-order valence-electron chi connectivity index (χ4n) is 4.53. The molecular formula is C19H25NO3. The summed E-state index contributed by atoms with van der Waals surface area (Å²) in [4.78, 5) is 17.2. The van der Waals surface area contributed by atoms with E-state index in [0.29, 0.717) is 5.69 Å². The monoisotopic (exact) mass is 315 g/mol. The number of hydrogen-bond acceptors (Lipinski definition) is 4. The standard InChI is InChI=1S/C19H25NO3/c21-18(16-8-7-14-4-1-2-5-15(14)20-16)23-17-6-3-9-19(17)10-12-22-13-11-19/h7-8,17H,1-6,9-13H2. The van der Waals surface area contributed by atoms with Gasteiger partial charge in [-0.05, 0) is 69.4 Å². The van der Waals surface area contributed by atoms with Gasteiger partial charge < -0.3 is 9.47 Å². The maximum absolute atomic E-state index is 12.6. The van der Waals surface area contributed by atoms with Gasteiger partial charge in [-0.2, -0.15) is 0 Å². The number of carbonyl (C=O) groups excluding carboxylic acids is 1. The summed E-state index contributed by atoms with van der Waals surface area (Å²) >= 11 is 0. The molecule has 1 saturated heterocycles. The number of ether oxygens (including phenoxy) is 2. The average Bonchev–Trinajstić information content (AvgIpc) is 2.96. The summed E-state index contributed by atoms with van der Waals surface area (Å²) in [6.07, 6.45) is 9.83. The van der Waals surface area contributed by atoms with E-state index >= 15 is 0 Å². The zero-order chi connectivity index (χ0) is 15.7. The van der Waals surface area contributed by atoms with Crippen LogP contribution < -0.4 is 0 Å². The first-order valence-corrected chi connectivity index (χ1v) is 9.04. The van der Waals surface area contributed by atoms with Gasteiger partial charge in [0.25, 0.3) is 0 Å². The third kappa shape index (κ3) is 2.89. The number of fused-ring (bicyclic) bond motifs is 1. The maximum atomic E-state index is 12.6. The SMILES string of the molecule is O=C(OC1CCCC12CCOCC2)c1ccc2c(n1)CCCC2. The van der Waals surface area contributed by atoms with Crippen molar-refractivity contribution in [2.45, 2.75) is 63.9 Å². The molecule has 4 heteroatoms. The number of hydrogen-bond donors (Lipinski definition) is 0. The summed E-state index contributed by atoms with van der Waals surface area (Å²) in [6, 6.07) is 3.91. The third-order valence-corrected chi connectivity index (χ3v) is 5.95. The predicted octanol–water partition coefficient (Wildman–Crippen LogP) is 3.47. The molecule has 3 aliphatic rings. The fourth-order valence-corrected chi connectivity index (χ4v) is 4.53. The van der Waals surface area contributed by atoms with Crippen LogP contribution in [0.1, 0.15) is 66.7 Å². The summed E-state index contributed by atoms with van der Waals surface area (Å²) in [6.45, 7) is 1.59. The Morgan fingerprint density at radius 3 is 2.83 bits per heavy atom. The highest BCUT2D eigenvalue weighted by atomic mass is 16.5. The second-order valence-electron chi connectivity index (χ2n) is 7.27. The minimum Gasteiger partial charge on any atom is -0.457 e. The number of nitrogens with zero attached hydrogens (tertiary/aromatic N) is 1. The molecule has 1 saturated carbocycles. The summed E-state index contributed by atoms with van der Waals surface area (Å²) < 4.78 is 11.4. The van der Waals surface area contributed by atoms with E-state index < -0.39 is 0 Å². The first-order valence-electron chi connectivity index (χ1n) is 9.04. The molecule has 1 aromatic rings. The molecule has 1 aromatic heterocycles. The molecular weight excluding hydrogens is 290 g/mol. The Kier molecular flexibility index (Phi) is 4.10. The second-order valence-corrected chi connectivity index (χ2v) is 7.27. The fraction of sp³-hybridized carbons (Fsp3) is 0.684. The minimum atomic E-state index is -0.240. The van der Waals surface area contributed by atoms with Crippen LogP contribution in [0.5, 0.6) is 0 Å². The van der Waals surface area contributed by atoms with Crippen molar-refractivity contribution in [1.29, 1.82) is 0 Å². The number of aromatic nitrogens is 1. The highest BCUT2D eigenvalue weighted by Crippen LogP contribution is 2.47. The normalized spacial score (nSPS) is 26.0. The Morgan fingerprint density at radius 1 is 1.13 bits per heavy atom. The van der Waals surface area contributed by atoms with E-state index in [-0.39, 0.29) is 17.5 Å². The molecule has 124 valence electrons. The van der Waals surface area contributed by atoms with Crippen LogP contribution in [0.4, 0.5) is 0 Å². The van der Waals surface area contributed by atoms with Crippen molar-refractivity contribution < 1.29 is 14.3 Å². The van der Waals surface area contributed by atoms with Gasteiger partial charge >= 0.3 is 5.97 Å². The van der Waals surface area contributed by atoms with E-state index in [9.17, 15) is 4.79 Å². The molecule has 4 rings (SSSR count). The van der Waals surface area contributed by atoms with E-state index in [0.717, 1.165) is 63.9 Å². The van der Waals surface area contributed by atoms with Gasteiger partial charge in [0.2, 0.25) is 0 Å². The number of rotatable bonds is 2.